The molecule has 0 unspecified atom stereocenters. The monoisotopic (exact) mass is 371 g/mol. The highest BCUT2D eigenvalue weighted by atomic mass is 35.5. The molecule has 0 bridgehead atoms. The fourth-order valence-corrected chi connectivity index (χ4v) is 2.76. The maximum absolute atomic E-state index is 12.0. The summed E-state index contributed by atoms with van der Waals surface area (Å²) in [5.74, 6) is -0.129. The molecule has 1 aromatic carbocycles. The van der Waals surface area contributed by atoms with Crippen molar-refractivity contribution >= 4 is 29.7 Å². The van der Waals surface area contributed by atoms with Crippen molar-refractivity contribution < 1.29 is 9.72 Å². The van der Waals surface area contributed by atoms with Crippen LogP contribution in [0.2, 0.25) is 0 Å². The minimum absolute atomic E-state index is 0. The highest BCUT2D eigenvalue weighted by molar-refractivity contribution is 5.85. The van der Waals surface area contributed by atoms with Crippen molar-refractivity contribution in [2.45, 2.75) is 6.42 Å². The number of hydrogen-bond donors (Lipinski definition) is 2. The molecule has 1 saturated heterocycles. The average Bonchev–Trinajstić information content (AvgIpc) is 2.59. The number of amides is 1. The van der Waals surface area contributed by atoms with E-state index in [0.717, 1.165) is 39.1 Å². The standard InChI is InChI=1S/C16H25N5O3.ClH/c1-19(14-5-2-3-6-15(14)21(23)24)13-16(22)18-7-4-10-20-11-8-17-9-12-20;/h2-3,5-6,17H,4,7-13H2,1H3,(H,18,22);1H. The van der Waals surface area contributed by atoms with Gasteiger partial charge >= 0.3 is 0 Å². The molecule has 25 heavy (non-hydrogen) atoms. The van der Waals surface area contributed by atoms with Gasteiger partial charge in [0, 0.05) is 45.8 Å². The molecule has 2 N–H and O–H groups in total. The molecule has 0 atom stereocenters. The van der Waals surface area contributed by atoms with Gasteiger partial charge in [-0.15, -0.1) is 12.4 Å². The summed E-state index contributed by atoms with van der Waals surface area (Å²) >= 11 is 0. The number of piperazine rings is 1. The summed E-state index contributed by atoms with van der Waals surface area (Å²) in [7, 11) is 1.68. The van der Waals surface area contributed by atoms with Crippen LogP contribution in [-0.4, -0.2) is 68.6 Å². The predicted molar refractivity (Wildman–Crippen MR) is 101 cm³/mol. The fourth-order valence-electron chi connectivity index (χ4n) is 2.76. The van der Waals surface area contributed by atoms with E-state index in [9.17, 15) is 14.9 Å². The summed E-state index contributed by atoms with van der Waals surface area (Å²) in [6.45, 7) is 5.83. The van der Waals surface area contributed by atoms with Crippen molar-refractivity contribution in [1.29, 1.82) is 0 Å². The number of halogens is 1. The van der Waals surface area contributed by atoms with E-state index in [0.29, 0.717) is 12.2 Å². The number of carbonyl (C=O) groups excluding carboxylic acids is 1. The zero-order valence-corrected chi connectivity index (χ0v) is 15.3. The smallest absolute Gasteiger partial charge is 0.292 e. The highest BCUT2D eigenvalue weighted by Gasteiger charge is 2.17. The van der Waals surface area contributed by atoms with Gasteiger partial charge in [0.15, 0.2) is 0 Å². The summed E-state index contributed by atoms with van der Waals surface area (Å²) in [6, 6.07) is 6.43. The lowest BCUT2D eigenvalue weighted by Crippen LogP contribution is -2.44. The number of nitrogens with zero attached hydrogens (tertiary/aromatic N) is 3. The van der Waals surface area contributed by atoms with Crippen LogP contribution >= 0.6 is 12.4 Å². The second kappa shape index (κ2) is 10.9. The Balaban J connectivity index is 0.00000312. The van der Waals surface area contributed by atoms with E-state index in [1.165, 1.54) is 6.07 Å². The molecule has 8 nitrogen and oxygen atoms in total. The van der Waals surface area contributed by atoms with Crippen molar-refractivity contribution in [1.82, 2.24) is 15.5 Å². The van der Waals surface area contributed by atoms with Crippen molar-refractivity contribution in [2.24, 2.45) is 0 Å². The van der Waals surface area contributed by atoms with E-state index in [-0.39, 0.29) is 30.5 Å². The Morgan fingerprint density at radius 3 is 2.72 bits per heavy atom. The Hall–Kier alpha value is -1.90. The molecule has 1 aromatic rings. The van der Waals surface area contributed by atoms with Gasteiger partial charge in [0.05, 0.1) is 11.5 Å². The Morgan fingerprint density at radius 2 is 2.04 bits per heavy atom. The molecule has 9 heteroatoms. The number of nitro benzene ring substituents is 1. The second-order valence-electron chi connectivity index (χ2n) is 5.90. The first-order valence-corrected chi connectivity index (χ1v) is 8.22. The third-order valence-corrected chi connectivity index (χ3v) is 4.05. The van der Waals surface area contributed by atoms with E-state index in [1.54, 1.807) is 30.1 Å². The highest BCUT2D eigenvalue weighted by Crippen LogP contribution is 2.26. The zero-order chi connectivity index (χ0) is 17.4. The van der Waals surface area contributed by atoms with E-state index in [1.807, 2.05) is 0 Å². The molecule has 1 heterocycles. The molecular formula is C16H26ClN5O3. The van der Waals surface area contributed by atoms with E-state index in [2.05, 4.69) is 15.5 Å². The zero-order valence-electron chi connectivity index (χ0n) is 14.4. The third kappa shape index (κ3) is 6.85. The molecule has 0 aromatic heterocycles. The van der Waals surface area contributed by atoms with Crippen LogP contribution in [0.1, 0.15) is 6.42 Å². The Bertz CT molecular complexity index is 566. The van der Waals surface area contributed by atoms with E-state index >= 15 is 0 Å². The SMILES string of the molecule is CN(CC(=O)NCCCN1CCNCC1)c1ccccc1[N+](=O)[O-].Cl. The third-order valence-electron chi connectivity index (χ3n) is 4.05. The van der Waals surface area contributed by atoms with Crippen LogP contribution in [0.3, 0.4) is 0 Å². The first-order chi connectivity index (χ1) is 11.6. The lowest BCUT2D eigenvalue weighted by Gasteiger charge is -2.27. The first kappa shape index (κ1) is 21.1. The van der Waals surface area contributed by atoms with Crippen molar-refractivity contribution in [3.63, 3.8) is 0 Å². The number of para-hydroxylation sites is 2. The van der Waals surface area contributed by atoms with Gasteiger partial charge in [-0.25, -0.2) is 0 Å². The second-order valence-corrected chi connectivity index (χ2v) is 5.90. The molecule has 0 radical (unpaired) electrons. The van der Waals surface area contributed by atoms with E-state index < -0.39 is 4.92 Å². The summed E-state index contributed by atoms with van der Waals surface area (Å²) in [5, 5.41) is 17.2. The summed E-state index contributed by atoms with van der Waals surface area (Å²) in [4.78, 5) is 26.6. The summed E-state index contributed by atoms with van der Waals surface area (Å²) in [5.41, 5.74) is 0.449. The minimum atomic E-state index is -0.433. The average molecular weight is 372 g/mol. The molecule has 0 aliphatic carbocycles. The molecule has 1 aliphatic heterocycles. The molecular weight excluding hydrogens is 346 g/mol. The Morgan fingerprint density at radius 1 is 1.36 bits per heavy atom. The van der Waals surface area contributed by atoms with Gasteiger partial charge in [0.2, 0.25) is 5.91 Å². The Labute approximate surface area is 154 Å². The number of anilines is 1. The van der Waals surface area contributed by atoms with Gasteiger partial charge in [-0.05, 0) is 19.0 Å². The molecule has 1 amide bonds. The number of nitrogens with one attached hydrogen (secondary N) is 2. The number of likely N-dealkylation sites (N-methyl/N-ethyl adjacent to an activating group) is 1. The Kier molecular flexibility index (Phi) is 9.18. The van der Waals surface area contributed by atoms with Crippen LogP contribution in [0.4, 0.5) is 11.4 Å². The van der Waals surface area contributed by atoms with Gasteiger partial charge in [-0.3, -0.25) is 14.9 Å². The van der Waals surface area contributed by atoms with Crippen molar-refractivity contribution in [3.05, 3.63) is 34.4 Å². The number of benzene rings is 1. The molecule has 1 aliphatic rings. The number of rotatable bonds is 8. The van der Waals surface area contributed by atoms with Crippen molar-refractivity contribution in [3.8, 4) is 0 Å². The molecule has 0 spiro atoms. The largest absolute Gasteiger partial charge is 0.360 e. The molecule has 1 fully saturated rings. The number of carbonyl (C=O) groups is 1. The number of nitro groups is 1. The quantitative estimate of drug-likeness (QED) is 0.400. The maximum atomic E-state index is 12.0. The fraction of sp³-hybridized carbons (Fsp3) is 0.562. The lowest BCUT2D eigenvalue weighted by atomic mass is 10.2. The summed E-state index contributed by atoms with van der Waals surface area (Å²) in [6.07, 6.45) is 0.904. The predicted octanol–water partition coefficient (Wildman–Crippen LogP) is 0.864. The van der Waals surface area contributed by atoms with Crippen molar-refractivity contribution in [2.75, 3.05) is 57.8 Å². The van der Waals surface area contributed by atoms with Crippen LogP contribution in [0.5, 0.6) is 0 Å². The molecule has 140 valence electrons. The molecule has 2 rings (SSSR count). The molecule has 0 saturated carbocycles. The topological polar surface area (TPSA) is 90.8 Å². The van der Waals surface area contributed by atoms with Crippen LogP contribution < -0.4 is 15.5 Å². The maximum Gasteiger partial charge on any atom is 0.292 e. The normalized spacial score (nSPS) is 14.4. The minimum Gasteiger partial charge on any atom is -0.360 e. The van der Waals surface area contributed by atoms with Crippen LogP contribution in [0, 0.1) is 10.1 Å². The first-order valence-electron chi connectivity index (χ1n) is 8.22. The summed E-state index contributed by atoms with van der Waals surface area (Å²) < 4.78 is 0. The van der Waals surface area contributed by atoms with Gasteiger partial charge in [-0.2, -0.15) is 0 Å². The van der Waals surface area contributed by atoms with Crippen LogP contribution in [0.15, 0.2) is 24.3 Å². The van der Waals surface area contributed by atoms with Gasteiger partial charge in [0.25, 0.3) is 5.69 Å². The van der Waals surface area contributed by atoms with Crippen LogP contribution in [0.25, 0.3) is 0 Å². The number of hydrogen-bond acceptors (Lipinski definition) is 6. The van der Waals surface area contributed by atoms with E-state index in [4.69, 9.17) is 0 Å². The van der Waals surface area contributed by atoms with Gasteiger partial charge in [0.1, 0.15) is 5.69 Å². The van der Waals surface area contributed by atoms with Crippen LogP contribution in [-0.2, 0) is 4.79 Å². The van der Waals surface area contributed by atoms with Gasteiger partial charge in [-0.1, -0.05) is 12.1 Å². The lowest BCUT2D eigenvalue weighted by molar-refractivity contribution is -0.384. The van der Waals surface area contributed by atoms with Gasteiger partial charge < -0.3 is 20.4 Å².